The number of nitrogens with two attached hydrogens (primary N) is 1. The van der Waals surface area contributed by atoms with Crippen LogP contribution in [-0.2, 0) is 13.0 Å². The van der Waals surface area contributed by atoms with Crippen molar-refractivity contribution in [2.75, 3.05) is 23.8 Å². The molecule has 2 heterocycles. The molecule has 0 bridgehead atoms. The molecule has 106 valence electrons. The summed E-state index contributed by atoms with van der Waals surface area (Å²) in [6.45, 7) is 4.85. The molecule has 0 radical (unpaired) electrons. The van der Waals surface area contributed by atoms with Crippen molar-refractivity contribution in [1.82, 2.24) is 0 Å². The summed E-state index contributed by atoms with van der Waals surface area (Å²) in [5.74, 6) is 0.873. The van der Waals surface area contributed by atoms with Crippen molar-refractivity contribution in [3.8, 4) is 5.75 Å². The third-order valence-electron chi connectivity index (χ3n) is 3.56. The van der Waals surface area contributed by atoms with E-state index < -0.39 is 0 Å². The molecule has 0 saturated carbocycles. The first kappa shape index (κ1) is 13.3. The zero-order valence-corrected chi connectivity index (χ0v) is 12.6. The fourth-order valence-electron chi connectivity index (χ4n) is 2.56. The highest BCUT2D eigenvalue weighted by Crippen LogP contribution is 2.31. The van der Waals surface area contributed by atoms with Crippen LogP contribution in [0.2, 0.25) is 0 Å². The Morgan fingerprint density at radius 2 is 2.25 bits per heavy atom. The third kappa shape index (κ3) is 2.75. The molecule has 2 aromatic rings. The Kier molecular flexibility index (Phi) is 3.83. The molecule has 1 aromatic carbocycles. The minimum atomic E-state index is 0.734. The van der Waals surface area contributed by atoms with E-state index in [0.29, 0.717) is 0 Å². The van der Waals surface area contributed by atoms with Crippen molar-refractivity contribution in [2.24, 2.45) is 0 Å². The number of nitrogens with zero attached hydrogens (tertiary/aromatic N) is 1. The van der Waals surface area contributed by atoms with Crippen LogP contribution >= 0.6 is 11.3 Å². The molecule has 1 aromatic heterocycles. The summed E-state index contributed by atoms with van der Waals surface area (Å²) in [6.07, 6.45) is 2.12. The van der Waals surface area contributed by atoms with E-state index in [1.165, 1.54) is 10.4 Å². The van der Waals surface area contributed by atoms with Gasteiger partial charge in [-0.2, -0.15) is 0 Å². The number of hydrogen-bond acceptors (Lipinski definition) is 4. The van der Waals surface area contributed by atoms with E-state index in [0.717, 1.165) is 49.7 Å². The smallest absolute Gasteiger partial charge is 0.123 e. The first-order chi connectivity index (χ1) is 9.76. The largest absolute Gasteiger partial charge is 0.493 e. The maximum atomic E-state index is 6.01. The first-order valence-electron chi connectivity index (χ1n) is 7.10. The number of hydrogen-bond donors (Lipinski definition) is 1. The molecular formula is C16H20N2OS. The van der Waals surface area contributed by atoms with Gasteiger partial charge in [0.1, 0.15) is 5.75 Å². The van der Waals surface area contributed by atoms with Crippen LogP contribution in [0, 0.1) is 0 Å². The third-order valence-corrected chi connectivity index (χ3v) is 4.58. The molecule has 20 heavy (non-hydrogen) atoms. The highest BCUT2D eigenvalue weighted by molar-refractivity contribution is 7.10. The summed E-state index contributed by atoms with van der Waals surface area (Å²) in [6, 6.07) is 8.27. The lowest BCUT2D eigenvalue weighted by molar-refractivity contribution is 0.317. The Balaban J connectivity index is 1.82. The van der Waals surface area contributed by atoms with Gasteiger partial charge >= 0.3 is 0 Å². The van der Waals surface area contributed by atoms with Crippen LogP contribution in [0.4, 0.5) is 11.4 Å². The molecule has 0 atom stereocenters. The predicted octanol–water partition coefficient (Wildman–Crippen LogP) is 3.68. The predicted molar refractivity (Wildman–Crippen MR) is 85.7 cm³/mol. The fourth-order valence-corrected chi connectivity index (χ4v) is 3.45. The number of ether oxygens (including phenoxy) is 1. The Morgan fingerprint density at radius 3 is 3.10 bits per heavy atom. The molecule has 0 fully saturated rings. The molecule has 1 aliphatic rings. The fraction of sp³-hybridized carbons (Fsp3) is 0.375. The van der Waals surface area contributed by atoms with Crippen LogP contribution < -0.4 is 15.4 Å². The van der Waals surface area contributed by atoms with Gasteiger partial charge in [-0.15, -0.1) is 11.3 Å². The number of nitrogen functional groups attached to an aromatic ring is 1. The summed E-state index contributed by atoms with van der Waals surface area (Å²) in [7, 11) is 0. The Morgan fingerprint density at radius 1 is 1.35 bits per heavy atom. The summed E-state index contributed by atoms with van der Waals surface area (Å²) in [5.41, 5.74) is 9.38. The molecule has 3 rings (SSSR count). The van der Waals surface area contributed by atoms with E-state index in [1.807, 2.05) is 23.5 Å². The van der Waals surface area contributed by atoms with Crippen LogP contribution in [0.15, 0.2) is 29.6 Å². The Labute approximate surface area is 124 Å². The zero-order chi connectivity index (χ0) is 13.9. The monoisotopic (exact) mass is 288 g/mol. The quantitative estimate of drug-likeness (QED) is 0.872. The van der Waals surface area contributed by atoms with E-state index in [-0.39, 0.29) is 0 Å². The van der Waals surface area contributed by atoms with Crippen molar-refractivity contribution in [3.63, 3.8) is 0 Å². The minimum Gasteiger partial charge on any atom is -0.493 e. The number of anilines is 2. The molecule has 2 N–H and O–H groups in total. The van der Waals surface area contributed by atoms with Gasteiger partial charge in [0.15, 0.2) is 0 Å². The molecular weight excluding hydrogens is 268 g/mol. The lowest BCUT2D eigenvalue weighted by Gasteiger charge is -2.29. The summed E-state index contributed by atoms with van der Waals surface area (Å²) in [5, 5.41) is 2.18. The molecule has 3 nitrogen and oxygen atoms in total. The van der Waals surface area contributed by atoms with Gasteiger partial charge in [-0.1, -0.05) is 6.92 Å². The van der Waals surface area contributed by atoms with Gasteiger partial charge in [-0.3, -0.25) is 0 Å². The molecule has 0 aliphatic carbocycles. The molecule has 1 aliphatic heterocycles. The summed E-state index contributed by atoms with van der Waals surface area (Å²) < 4.78 is 5.72. The average Bonchev–Trinajstić information content (AvgIpc) is 2.92. The van der Waals surface area contributed by atoms with Crippen LogP contribution in [-0.4, -0.2) is 13.2 Å². The lowest BCUT2D eigenvalue weighted by Crippen LogP contribution is -2.29. The highest BCUT2D eigenvalue weighted by atomic mass is 32.1. The number of thiophene rings is 1. The SMILES string of the molecule is CCCOc1cc(N)cc(N2CCc3sccc3C2)c1. The zero-order valence-electron chi connectivity index (χ0n) is 11.8. The van der Waals surface area contributed by atoms with Gasteiger partial charge in [-0.25, -0.2) is 0 Å². The van der Waals surface area contributed by atoms with E-state index in [1.54, 1.807) is 0 Å². The number of rotatable bonds is 4. The Bertz CT molecular complexity index is 594. The standard InChI is InChI=1S/C16H20N2OS/c1-2-6-19-15-9-13(17)8-14(10-15)18-5-3-16-12(11-18)4-7-20-16/h4,7-10H,2-3,5-6,11,17H2,1H3. The lowest BCUT2D eigenvalue weighted by atomic mass is 10.1. The van der Waals surface area contributed by atoms with Gasteiger partial charge in [-0.05, 0) is 35.9 Å². The molecule has 0 saturated heterocycles. The molecule has 0 spiro atoms. The number of benzene rings is 1. The van der Waals surface area contributed by atoms with Crippen LogP contribution in [0.1, 0.15) is 23.8 Å². The van der Waals surface area contributed by atoms with Gasteiger partial charge in [0.05, 0.1) is 6.61 Å². The van der Waals surface area contributed by atoms with Gasteiger partial charge in [0.25, 0.3) is 0 Å². The summed E-state index contributed by atoms with van der Waals surface area (Å²) >= 11 is 1.86. The first-order valence-corrected chi connectivity index (χ1v) is 7.98. The van der Waals surface area contributed by atoms with Crippen LogP contribution in [0.5, 0.6) is 5.75 Å². The van der Waals surface area contributed by atoms with E-state index in [4.69, 9.17) is 10.5 Å². The second kappa shape index (κ2) is 5.75. The second-order valence-corrected chi connectivity index (χ2v) is 6.15. The van der Waals surface area contributed by atoms with E-state index in [2.05, 4.69) is 29.3 Å². The van der Waals surface area contributed by atoms with Gasteiger partial charge < -0.3 is 15.4 Å². The van der Waals surface area contributed by atoms with E-state index >= 15 is 0 Å². The second-order valence-electron chi connectivity index (χ2n) is 5.15. The van der Waals surface area contributed by atoms with Gasteiger partial charge in [0.2, 0.25) is 0 Å². The van der Waals surface area contributed by atoms with Gasteiger partial charge in [0, 0.05) is 41.5 Å². The van der Waals surface area contributed by atoms with Crippen molar-refractivity contribution < 1.29 is 4.74 Å². The average molecular weight is 288 g/mol. The highest BCUT2D eigenvalue weighted by Gasteiger charge is 2.18. The topological polar surface area (TPSA) is 38.5 Å². The maximum Gasteiger partial charge on any atom is 0.123 e. The Hall–Kier alpha value is -1.68. The van der Waals surface area contributed by atoms with Crippen molar-refractivity contribution in [2.45, 2.75) is 26.3 Å². The van der Waals surface area contributed by atoms with Crippen molar-refractivity contribution in [1.29, 1.82) is 0 Å². The molecule has 0 unspecified atom stereocenters. The van der Waals surface area contributed by atoms with E-state index in [9.17, 15) is 0 Å². The number of fused-ring (bicyclic) bond motifs is 1. The minimum absolute atomic E-state index is 0.734. The van der Waals surface area contributed by atoms with Crippen LogP contribution in [0.25, 0.3) is 0 Å². The van der Waals surface area contributed by atoms with Crippen molar-refractivity contribution >= 4 is 22.7 Å². The molecule has 0 amide bonds. The summed E-state index contributed by atoms with van der Waals surface area (Å²) in [4.78, 5) is 3.90. The van der Waals surface area contributed by atoms with Crippen LogP contribution in [0.3, 0.4) is 0 Å². The maximum absolute atomic E-state index is 6.01. The van der Waals surface area contributed by atoms with Crippen molar-refractivity contribution in [3.05, 3.63) is 40.1 Å². The molecule has 4 heteroatoms. The normalized spacial score (nSPS) is 14.2.